The first-order chi connectivity index (χ1) is 17.0. The molecular formula is C26H44N2O7. The minimum absolute atomic E-state index is 0.0130. The van der Waals surface area contributed by atoms with Gasteiger partial charge in [-0.15, -0.1) is 0 Å². The molecule has 0 spiro atoms. The van der Waals surface area contributed by atoms with Gasteiger partial charge in [-0.2, -0.15) is 0 Å². The predicted octanol–water partition coefficient (Wildman–Crippen LogP) is 2.51. The molecule has 0 aliphatic rings. The van der Waals surface area contributed by atoms with Crippen LogP contribution >= 0.6 is 0 Å². The van der Waals surface area contributed by atoms with Crippen LogP contribution in [0.4, 0.5) is 0 Å². The number of aryl methyl sites for hydroxylation is 1. The monoisotopic (exact) mass is 496 g/mol. The van der Waals surface area contributed by atoms with Crippen LogP contribution in [0.3, 0.4) is 0 Å². The van der Waals surface area contributed by atoms with E-state index in [1.807, 2.05) is 38.1 Å². The molecule has 0 saturated carbocycles. The minimum Gasteiger partial charge on any atom is -0.497 e. The zero-order valence-corrected chi connectivity index (χ0v) is 21.6. The van der Waals surface area contributed by atoms with Crippen molar-refractivity contribution in [3.63, 3.8) is 0 Å². The fraction of sp³-hybridized carbons (Fsp3) is 0.692. The average molecular weight is 497 g/mol. The van der Waals surface area contributed by atoms with Crippen molar-refractivity contribution < 1.29 is 33.3 Å². The van der Waals surface area contributed by atoms with Crippen molar-refractivity contribution in [2.24, 2.45) is 0 Å². The summed E-state index contributed by atoms with van der Waals surface area (Å²) >= 11 is 0. The van der Waals surface area contributed by atoms with Crippen LogP contribution in [0.5, 0.6) is 5.75 Å². The van der Waals surface area contributed by atoms with E-state index in [1.165, 1.54) is 5.56 Å². The summed E-state index contributed by atoms with van der Waals surface area (Å²) in [5.74, 6) is 0.885. The summed E-state index contributed by atoms with van der Waals surface area (Å²) in [4.78, 5) is 23.5. The summed E-state index contributed by atoms with van der Waals surface area (Å²) in [6.07, 6.45) is 3.44. The molecule has 0 heterocycles. The zero-order valence-electron chi connectivity index (χ0n) is 21.6. The van der Waals surface area contributed by atoms with Crippen LogP contribution in [0.15, 0.2) is 24.3 Å². The van der Waals surface area contributed by atoms with Crippen LogP contribution in [0.1, 0.15) is 45.1 Å². The minimum atomic E-state index is 0.0130. The molecule has 0 radical (unpaired) electrons. The highest BCUT2D eigenvalue weighted by Gasteiger charge is 2.05. The second kappa shape index (κ2) is 21.1. The number of nitrogens with one attached hydrogen (secondary N) is 2. The van der Waals surface area contributed by atoms with Crippen LogP contribution in [0.2, 0.25) is 0 Å². The number of benzene rings is 1. The molecule has 0 aliphatic heterocycles. The molecule has 9 nitrogen and oxygen atoms in total. The van der Waals surface area contributed by atoms with E-state index >= 15 is 0 Å². The number of hydrogen-bond acceptors (Lipinski definition) is 7. The maximum atomic E-state index is 11.9. The Morgan fingerprint density at radius 1 is 0.800 bits per heavy atom. The molecular weight excluding hydrogens is 452 g/mol. The Balaban J connectivity index is 1.80. The maximum absolute atomic E-state index is 11.9. The predicted molar refractivity (Wildman–Crippen MR) is 135 cm³/mol. The molecule has 2 N–H and O–H groups in total. The number of rotatable bonds is 22. The van der Waals surface area contributed by atoms with E-state index in [-0.39, 0.29) is 17.9 Å². The Labute approximate surface area is 210 Å². The van der Waals surface area contributed by atoms with Gasteiger partial charge in [-0.05, 0) is 43.9 Å². The third-order valence-corrected chi connectivity index (χ3v) is 5.21. The number of ether oxygens (including phenoxy) is 5. The average Bonchev–Trinajstić information content (AvgIpc) is 2.86. The Bertz CT molecular complexity index is 670. The van der Waals surface area contributed by atoms with Gasteiger partial charge in [0.05, 0.1) is 60.0 Å². The molecule has 35 heavy (non-hydrogen) atoms. The molecule has 0 aromatic heterocycles. The third-order valence-electron chi connectivity index (χ3n) is 5.21. The first-order valence-electron chi connectivity index (χ1n) is 12.5. The SMILES string of the molecule is CCC(C)NC(=O)CCOCCOCCOCCOCCNC(=O)CCCc1ccc(OC)cc1. The summed E-state index contributed by atoms with van der Waals surface area (Å²) in [6, 6.07) is 8.10. The lowest BCUT2D eigenvalue weighted by molar-refractivity contribution is -0.123. The third kappa shape index (κ3) is 17.8. The lowest BCUT2D eigenvalue weighted by atomic mass is 10.1. The first kappa shape index (κ1) is 30.8. The number of carbonyl (C=O) groups excluding carboxylic acids is 2. The lowest BCUT2D eigenvalue weighted by Gasteiger charge is -2.11. The summed E-state index contributed by atoms with van der Waals surface area (Å²) in [5.41, 5.74) is 1.19. The number of hydrogen-bond donors (Lipinski definition) is 2. The van der Waals surface area contributed by atoms with E-state index in [2.05, 4.69) is 10.6 Å². The molecule has 0 saturated heterocycles. The summed E-state index contributed by atoms with van der Waals surface area (Å²) < 4.78 is 26.8. The van der Waals surface area contributed by atoms with Gasteiger partial charge in [-0.1, -0.05) is 19.1 Å². The normalized spacial score (nSPS) is 11.7. The van der Waals surface area contributed by atoms with Crippen LogP contribution in [0, 0.1) is 0 Å². The van der Waals surface area contributed by atoms with Crippen LogP contribution in [-0.4, -0.2) is 84.4 Å². The molecule has 9 heteroatoms. The second-order valence-electron chi connectivity index (χ2n) is 8.13. The Morgan fingerprint density at radius 3 is 1.94 bits per heavy atom. The fourth-order valence-corrected chi connectivity index (χ4v) is 2.97. The Kier molecular flexibility index (Phi) is 18.6. The van der Waals surface area contributed by atoms with E-state index in [0.29, 0.717) is 72.2 Å². The first-order valence-corrected chi connectivity index (χ1v) is 12.5. The van der Waals surface area contributed by atoms with Gasteiger partial charge in [0.1, 0.15) is 5.75 Å². The molecule has 1 unspecified atom stereocenters. The summed E-state index contributed by atoms with van der Waals surface area (Å²) in [5, 5.41) is 5.76. The van der Waals surface area contributed by atoms with Crippen molar-refractivity contribution in [1.82, 2.24) is 10.6 Å². The number of methoxy groups -OCH3 is 1. The molecule has 0 fully saturated rings. The topological polar surface area (TPSA) is 104 Å². The second-order valence-corrected chi connectivity index (χ2v) is 8.13. The van der Waals surface area contributed by atoms with E-state index in [9.17, 15) is 9.59 Å². The van der Waals surface area contributed by atoms with Crippen LogP contribution < -0.4 is 15.4 Å². The van der Waals surface area contributed by atoms with Gasteiger partial charge in [-0.3, -0.25) is 9.59 Å². The molecule has 1 aromatic rings. The van der Waals surface area contributed by atoms with Crippen LogP contribution in [-0.2, 0) is 35.0 Å². The molecule has 1 rings (SSSR count). The standard InChI is InChI=1S/C26H44N2O7/c1-4-22(2)28-26(30)12-14-32-16-18-34-20-21-35-19-17-33-15-13-27-25(29)7-5-6-23-8-10-24(31-3)11-9-23/h8-11,22H,4-7,12-21H2,1-3H3,(H,27,29)(H,28,30). The molecule has 2 amide bonds. The highest BCUT2D eigenvalue weighted by molar-refractivity contribution is 5.76. The lowest BCUT2D eigenvalue weighted by Crippen LogP contribution is -2.32. The van der Waals surface area contributed by atoms with Crippen molar-refractivity contribution in [2.45, 2.75) is 52.0 Å². The van der Waals surface area contributed by atoms with E-state index < -0.39 is 0 Å². The quantitative estimate of drug-likeness (QED) is 0.238. The smallest absolute Gasteiger partial charge is 0.222 e. The molecule has 0 bridgehead atoms. The van der Waals surface area contributed by atoms with Gasteiger partial charge >= 0.3 is 0 Å². The van der Waals surface area contributed by atoms with E-state index in [0.717, 1.165) is 25.0 Å². The molecule has 1 aromatic carbocycles. The van der Waals surface area contributed by atoms with Crippen molar-refractivity contribution in [2.75, 3.05) is 66.5 Å². The van der Waals surface area contributed by atoms with Crippen LogP contribution in [0.25, 0.3) is 0 Å². The number of amides is 2. The van der Waals surface area contributed by atoms with E-state index in [4.69, 9.17) is 23.7 Å². The molecule has 1 atom stereocenters. The van der Waals surface area contributed by atoms with Gasteiger partial charge in [0.15, 0.2) is 0 Å². The van der Waals surface area contributed by atoms with Gasteiger partial charge in [0, 0.05) is 25.4 Å². The number of carbonyl (C=O) groups is 2. The molecule has 200 valence electrons. The van der Waals surface area contributed by atoms with Gasteiger partial charge in [0.2, 0.25) is 11.8 Å². The maximum Gasteiger partial charge on any atom is 0.222 e. The zero-order chi connectivity index (χ0) is 25.6. The molecule has 0 aliphatic carbocycles. The van der Waals surface area contributed by atoms with Crippen molar-refractivity contribution in [3.8, 4) is 5.75 Å². The van der Waals surface area contributed by atoms with Crippen molar-refractivity contribution in [3.05, 3.63) is 29.8 Å². The summed E-state index contributed by atoms with van der Waals surface area (Å²) in [7, 11) is 1.65. The fourth-order valence-electron chi connectivity index (χ4n) is 2.97. The largest absolute Gasteiger partial charge is 0.497 e. The van der Waals surface area contributed by atoms with Crippen molar-refractivity contribution in [1.29, 1.82) is 0 Å². The Hall–Kier alpha value is -2.20. The van der Waals surface area contributed by atoms with E-state index in [1.54, 1.807) is 7.11 Å². The van der Waals surface area contributed by atoms with Gasteiger partial charge in [0.25, 0.3) is 0 Å². The van der Waals surface area contributed by atoms with Gasteiger partial charge in [-0.25, -0.2) is 0 Å². The highest BCUT2D eigenvalue weighted by Crippen LogP contribution is 2.13. The summed E-state index contributed by atoms with van der Waals surface area (Å²) in [6.45, 7) is 8.16. The van der Waals surface area contributed by atoms with Crippen molar-refractivity contribution >= 4 is 11.8 Å². The Morgan fingerprint density at radius 2 is 1.37 bits per heavy atom. The van der Waals surface area contributed by atoms with Gasteiger partial charge < -0.3 is 34.3 Å². The highest BCUT2D eigenvalue weighted by atomic mass is 16.6.